The van der Waals surface area contributed by atoms with Crippen molar-refractivity contribution in [2.24, 2.45) is 0 Å². The van der Waals surface area contributed by atoms with Crippen LogP contribution in [0.3, 0.4) is 0 Å². The van der Waals surface area contributed by atoms with Crippen LogP contribution < -0.4 is 10.6 Å². The van der Waals surface area contributed by atoms with Crippen LogP contribution in [0.4, 0.5) is 11.4 Å². The number of hydrogen-bond donors (Lipinski definition) is 4. The number of aromatic carboxylic acids is 1. The summed E-state index contributed by atoms with van der Waals surface area (Å²) < 4.78 is 0. The minimum atomic E-state index is -1.07. The summed E-state index contributed by atoms with van der Waals surface area (Å²) in [4.78, 5) is 25.9. The molecule has 1 aromatic heterocycles. The van der Waals surface area contributed by atoms with Crippen LogP contribution in [-0.2, 0) is 4.79 Å². The molecule has 1 amide bonds. The van der Waals surface area contributed by atoms with Gasteiger partial charge in [-0.3, -0.25) is 4.79 Å². The van der Waals surface area contributed by atoms with Crippen LogP contribution in [0.5, 0.6) is 0 Å². The number of anilines is 2. The van der Waals surface area contributed by atoms with E-state index in [4.69, 9.17) is 5.11 Å². The molecule has 1 fully saturated rings. The van der Waals surface area contributed by atoms with Crippen molar-refractivity contribution in [1.82, 2.24) is 4.98 Å². The molecule has 3 rings (SSSR count). The quantitative estimate of drug-likeness (QED) is 0.610. The van der Waals surface area contributed by atoms with Gasteiger partial charge in [0.2, 0.25) is 5.91 Å². The van der Waals surface area contributed by atoms with Gasteiger partial charge in [0.15, 0.2) is 5.69 Å². The predicted octanol–water partition coefficient (Wildman–Crippen LogP) is 1.78. The van der Waals surface area contributed by atoms with E-state index in [1.165, 1.54) is 0 Å². The molecule has 2 aliphatic rings. The number of carboxylic acids is 1. The third-order valence-electron chi connectivity index (χ3n) is 3.85. The fourth-order valence-corrected chi connectivity index (χ4v) is 2.88. The molecule has 18 heavy (non-hydrogen) atoms. The lowest BCUT2D eigenvalue weighted by molar-refractivity contribution is -0.121. The maximum absolute atomic E-state index is 12.2. The van der Waals surface area contributed by atoms with Gasteiger partial charge in [0.05, 0.1) is 11.4 Å². The number of fused-ring (bicyclic) bond motifs is 1. The van der Waals surface area contributed by atoms with Crippen molar-refractivity contribution in [2.45, 2.75) is 37.6 Å². The van der Waals surface area contributed by atoms with Gasteiger partial charge in [-0.2, -0.15) is 0 Å². The van der Waals surface area contributed by atoms with Gasteiger partial charge < -0.3 is 20.7 Å². The van der Waals surface area contributed by atoms with E-state index in [-0.39, 0.29) is 11.6 Å². The number of carbonyl (C=O) groups is 2. The van der Waals surface area contributed by atoms with Crippen LogP contribution >= 0.6 is 0 Å². The van der Waals surface area contributed by atoms with E-state index in [1.54, 1.807) is 6.20 Å². The summed E-state index contributed by atoms with van der Waals surface area (Å²) in [6.07, 6.45) is 6.39. The molecule has 4 N–H and O–H groups in total. The van der Waals surface area contributed by atoms with Crippen molar-refractivity contribution in [3.05, 3.63) is 11.9 Å². The first-order valence-electron chi connectivity index (χ1n) is 6.17. The van der Waals surface area contributed by atoms with Crippen molar-refractivity contribution >= 4 is 23.3 Å². The topological polar surface area (TPSA) is 94.2 Å². The second kappa shape index (κ2) is 3.76. The zero-order valence-corrected chi connectivity index (χ0v) is 9.88. The fourth-order valence-electron chi connectivity index (χ4n) is 2.88. The number of amides is 1. The van der Waals surface area contributed by atoms with Crippen LogP contribution in [0, 0.1) is 0 Å². The standard InChI is InChI=1S/C12H15N3O3/c16-10(17)9-8-7(6-13-9)15-12(11(18)14-8)4-2-1-3-5-12/h6,13,15H,1-5H2,(H,14,18)(H,16,17). The molecule has 1 saturated carbocycles. The molecule has 0 radical (unpaired) electrons. The Morgan fingerprint density at radius 3 is 2.67 bits per heavy atom. The lowest BCUT2D eigenvalue weighted by atomic mass is 9.79. The smallest absolute Gasteiger partial charge is 0.354 e. The Kier molecular flexibility index (Phi) is 2.33. The summed E-state index contributed by atoms with van der Waals surface area (Å²) >= 11 is 0. The van der Waals surface area contributed by atoms with E-state index < -0.39 is 11.5 Å². The van der Waals surface area contributed by atoms with Gasteiger partial charge in [-0.25, -0.2) is 4.79 Å². The Labute approximate surface area is 104 Å². The molecule has 0 unspecified atom stereocenters. The van der Waals surface area contributed by atoms with Crippen LogP contribution in [0.2, 0.25) is 0 Å². The Bertz CT molecular complexity index is 515. The van der Waals surface area contributed by atoms with E-state index >= 15 is 0 Å². The van der Waals surface area contributed by atoms with Gasteiger partial charge >= 0.3 is 5.97 Å². The number of hydrogen-bond acceptors (Lipinski definition) is 3. The largest absolute Gasteiger partial charge is 0.477 e. The number of carboxylic acid groups (broad SMARTS) is 1. The molecule has 0 aromatic carbocycles. The average molecular weight is 249 g/mol. The van der Waals surface area contributed by atoms with Crippen molar-refractivity contribution in [3.63, 3.8) is 0 Å². The van der Waals surface area contributed by atoms with Crippen LogP contribution in [0.1, 0.15) is 42.6 Å². The van der Waals surface area contributed by atoms with Crippen LogP contribution in [-0.4, -0.2) is 27.5 Å². The maximum atomic E-state index is 12.2. The highest BCUT2D eigenvalue weighted by Crippen LogP contribution is 2.40. The SMILES string of the molecule is O=C(O)c1[nH]cc2c1NC(=O)C1(CCCCC1)N2. The molecular formula is C12H15N3O3. The zero-order chi connectivity index (χ0) is 12.8. The van der Waals surface area contributed by atoms with Gasteiger partial charge in [0, 0.05) is 6.20 Å². The summed E-state index contributed by atoms with van der Waals surface area (Å²) in [6.45, 7) is 0. The van der Waals surface area contributed by atoms with E-state index in [1.807, 2.05) is 0 Å². The summed E-state index contributed by atoms with van der Waals surface area (Å²) in [7, 11) is 0. The highest BCUT2D eigenvalue weighted by molar-refractivity contribution is 6.10. The average Bonchev–Trinajstić information content (AvgIpc) is 2.74. The van der Waals surface area contributed by atoms with E-state index in [2.05, 4.69) is 15.6 Å². The second-order valence-corrected chi connectivity index (χ2v) is 4.98. The van der Waals surface area contributed by atoms with Crippen LogP contribution in [0.25, 0.3) is 0 Å². The molecule has 6 heteroatoms. The number of carbonyl (C=O) groups excluding carboxylic acids is 1. The molecule has 1 spiro atoms. The van der Waals surface area contributed by atoms with Crippen molar-refractivity contribution in [1.29, 1.82) is 0 Å². The summed E-state index contributed by atoms with van der Waals surface area (Å²) in [6, 6.07) is 0. The second-order valence-electron chi connectivity index (χ2n) is 4.98. The fraction of sp³-hybridized carbons (Fsp3) is 0.500. The number of aromatic nitrogens is 1. The molecule has 1 aromatic rings. The first-order valence-corrected chi connectivity index (χ1v) is 6.17. The number of nitrogens with one attached hydrogen (secondary N) is 3. The molecule has 0 bridgehead atoms. The van der Waals surface area contributed by atoms with Crippen LogP contribution in [0.15, 0.2) is 6.20 Å². The normalized spacial score (nSPS) is 21.0. The highest BCUT2D eigenvalue weighted by atomic mass is 16.4. The minimum absolute atomic E-state index is 0.0245. The molecule has 0 saturated heterocycles. The highest BCUT2D eigenvalue weighted by Gasteiger charge is 2.44. The van der Waals surface area contributed by atoms with Gasteiger partial charge in [0.1, 0.15) is 5.54 Å². The molecule has 2 heterocycles. The van der Waals surface area contributed by atoms with Gasteiger partial charge in [-0.15, -0.1) is 0 Å². The predicted molar refractivity (Wildman–Crippen MR) is 65.8 cm³/mol. The molecular weight excluding hydrogens is 234 g/mol. The molecule has 1 aliphatic heterocycles. The van der Waals surface area contributed by atoms with Gasteiger partial charge in [0.25, 0.3) is 0 Å². The first kappa shape index (κ1) is 11.1. The summed E-state index contributed by atoms with van der Waals surface area (Å²) in [5.41, 5.74) is 0.498. The van der Waals surface area contributed by atoms with Gasteiger partial charge in [-0.1, -0.05) is 19.3 Å². The lowest BCUT2D eigenvalue weighted by Gasteiger charge is -2.40. The molecule has 1 aliphatic carbocycles. The first-order chi connectivity index (χ1) is 8.62. The Morgan fingerprint density at radius 2 is 2.00 bits per heavy atom. The van der Waals surface area contributed by atoms with Crippen molar-refractivity contribution in [3.8, 4) is 0 Å². The minimum Gasteiger partial charge on any atom is -0.477 e. The molecule has 0 atom stereocenters. The Hall–Kier alpha value is -1.98. The number of rotatable bonds is 1. The van der Waals surface area contributed by atoms with Crippen molar-refractivity contribution in [2.75, 3.05) is 10.6 Å². The molecule has 6 nitrogen and oxygen atoms in total. The van der Waals surface area contributed by atoms with E-state index in [0.29, 0.717) is 11.4 Å². The summed E-state index contributed by atoms with van der Waals surface area (Å²) in [5.74, 6) is -1.19. The number of aromatic amines is 1. The summed E-state index contributed by atoms with van der Waals surface area (Å²) in [5, 5.41) is 15.0. The Balaban J connectivity index is 1.97. The van der Waals surface area contributed by atoms with Crippen molar-refractivity contribution < 1.29 is 14.7 Å². The Morgan fingerprint density at radius 1 is 1.28 bits per heavy atom. The third kappa shape index (κ3) is 1.48. The third-order valence-corrected chi connectivity index (χ3v) is 3.85. The lowest BCUT2D eigenvalue weighted by Crippen LogP contribution is -2.53. The van der Waals surface area contributed by atoms with E-state index in [9.17, 15) is 9.59 Å². The monoisotopic (exact) mass is 249 g/mol. The number of H-pyrrole nitrogens is 1. The maximum Gasteiger partial charge on any atom is 0.354 e. The molecule has 96 valence electrons. The zero-order valence-electron chi connectivity index (χ0n) is 9.88. The van der Waals surface area contributed by atoms with Gasteiger partial charge in [-0.05, 0) is 12.8 Å². The van der Waals surface area contributed by atoms with E-state index in [0.717, 1.165) is 32.1 Å².